The quantitative estimate of drug-likeness (QED) is 0.350. The first-order valence-electron chi connectivity index (χ1n) is 8.03. The lowest BCUT2D eigenvalue weighted by atomic mass is 10.1. The Hall–Kier alpha value is -2.03. The first-order chi connectivity index (χ1) is 11.9. The van der Waals surface area contributed by atoms with E-state index in [1.165, 1.54) is 6.07 Å². The molecule has 3 N–H and O–H groups in total. The molecule has 0 saturated carbocycles. The molecule has 0 heterocycles. The molecule has 7 heteroatoms. The maximum atomic E-state index is 13.7. The Labute approximate surface area is 170 Å². The number of ether oxygens (including phenoxy) is 1. The van der Waals surface area contributed by atoms with Gasteiger partial charge in [-0.3, -0.25) is 4.99 Å². The number of aliphatic imine (C=N–C) groups is 1. The van der Waals surface area contributed by atoms with Crippen LogP contribution in [-0.4, -0.2) is 25.2 Å². The highest BCUT2D eigenvalue weighted by Crippen LogP contribution is 2.22. The van der Waals surface area contributed by atoms with E-state index in [2.05, 4.69) is 15.6 Å². The minimum Gasteiger partial charge on any atom is -0.508 e. The molecule has 26 heavy (non-hydrogen) atoms. The second-order valence-electron chi connectivity index (χ2n) is 5.80. The number of halogens is 2. The van der Waals surface area contributed by atoms with Gasteiger partial charge in [0.05, 0.1) is 13.2 Å². The van der Waals surface area contributed by atoms with Crippen molar-refractivity contribution in [2.75, 3.05) is 14.2 Å². The number of aryl methyl sites for hydroxylation is 1. The zero-order chi connectivity index (χ0) is 18.4. The van der Waals surface area contributed by atoms with E-state index >= 15 is 0 Å². The van der Waals surface area contributed by atoms with Crippen LogP contribution in [0.3, 0.4) is 0 Å². The summed E-state index contributed by atoms with van der Waals surface area (Å²) in [5.74, 6) is 1.17. The number of aromatic hydroxyl groups is 1. The Kier molecular flexibility index (Phi) is 8.64. The predicted octanol–water partition coefficient (Wildman–Crippen LogP) is 3.89. The summed E-state index contributed by atoms with van der Waals surface area (Å²) in [6, 6.07) is 10.1. The second kappa shape index (κ2) is 10.2. The Morgan fingerprint density at radius 3 is 2.62 bits per heavy atom. The van der Waals surface area contributed by atoms with Crippen LogP contribution in [0, 0.1) is 12.7 Å². The fourth-order valence-corrected chi connectivity index (χ4v) is 2.37. The van der Waals surface area contributed by atoms with E-state index < -0.39 is 0 Å². The molecule has 0 saturated heterocycles. The van der Waals surface area contributed by atoms with Gasteiger partial charge < -0.3 is 20.5 Å². The van der Waals surface area contributed by atoms with Gasteiger partial charge in [-0.1, -0.05) is 12.1 Å². The molecule has 0 radical (unpaired) electrons. The molecule has 1 unspecified atom stereocenters. The second-order valence-corrected chi connectivity index (χ2v) is 5.80. The number of benzene rings is 2. The zero-order valence-electron chi connectivity index (χ0n) is 15.3. The van der Waals surface area contributed by atoms with Crippen molar-refractivity contribution in [3.63, 3.8) is 0 Å². The fourth-order valence-electron chi connectivity index (χ4n) is 2.37. The SMILES string of the molecule is CN=C(NCc1cc(OC)ccc1O)NC(C)c1ccc(C)c(F)c1.I. The summed E-state index contributed by atoms with van der Waals surface area (Å²) in [7, 11) is 3.23. The third-order valence-corrected chi connectivity index (χ3v) is 4.01. The van der Waals surface area contributed by atoms with E-state index in [0.29, 0.717) is 29.4 Å². The minimum atomic E-state index is -0.226. The molecule has 0 aromatic heterocycles. The van der Waals surface area contributed by atoms with Crippen LogP contribution in [0.5, 0.6) is 11.5 Å². The molecular weight excluding hydrogens is 448 g/mol. The van der Waals surface area contributed by atoms with Crippen LogP contribution in [0.25, 0.3) is 0 Å². The number of phenolic OH excluding ortho intramolecular Hbond substituents is 1. The monoisotopic (exact) mass is 473 g/mol. The predicted molar refractivity (Wildman–Crippen MR) is 113 cm³/mol. The minimum absolute atomic E-state index is 0. The molecule has 142 valence electrons. The summed E-state index contributed by atoms with van der Waals surface area (Å²) in [5.41, 5.74) is 2.14. The fraction of sp³-hybridized carbons (Fsp3) is 0.316. The Bertz CT molecular complexity index is 768. The van der Waals surface area contributed by atoms with Gasteiger partial charge in [0.15, 0.2) is 5.96 Å². The number of hydrogen-bond acceptors (Lipinski definition) is 3. The third kappa shape index (κ3) is 5.76. The van der Waals surface area contributed by atoms with Crippen molar-refractivity contribution >= 4 is 29.9 Å². The number of hydrogen-bond donors (Lipinski definition) is 3. The highest BCUT2D eigenvalue weighted by Gasteiger charge is 2.11. The van der Waals surface area contributed by atoms with Crippen molar-refractivity contribution in [1.82, 2.24) is 10.6 Å². The van der Waals surface area contributed by atoms with Crippen LogP contribution in [-0.2, 0) is 6.54 Å². The summed E-state index contributed by atoms with van der Waals surface area (Å²) < 4.78 is 18.9. The summed E-state index contributed by atoms with van der Waals surface area (Å²) >= 11 is 0. The number of phenols is 1. The van der Waals surface area contributed by atoms with Gasteiger partial charge in [-0.2, -0.15) is 0 Å². The standard InChI is InChI=1S/C19H24FN3O2.HI/c1-12-5-6-14(10-17(12)20)13(2)23-19(21-3)22-11-15-9-16(25-4)7-8-18(15)24;/h5-10,13,24H,11H2,1-4H3,(H2,21,22,23);1H. The van der Waals surface area contributed by atoms with E-state index in [4.69, 9.17) is 4.74 Å². The average molecular weight is 473 g/mol. The Morgan fingerprint density at radius 2 is 2.00 bits per heavy atom. The summed E-state index contributed by atoms with van der Waals surface area (Å²) in [4.78, 5) is 4.17. The van der Waals surface area contributed by atoms with E-state index in [-0.39, 0.29) is 41.6 Å². The molecule has 1 atom stereocenters. The van der Waals surface area contributed by atoms with Gasteiger partial charge in [0, 0.05) is 19.2 Å². The largest absolute Gasteiger partial charge is 0.508 e. The third-order valence-electron chi connectivity index (χ3n) is 4.01. The van der Waals surface area contributed by atoms with Crippen LogP contribution in [0.1, 0.15) is 29.7 Å². The number of nitrogens with one attached hydrogen (secondary N) is 2. The molecule has 0 aliphatic rings. The number of rotatable bonds is 5. The van der Waals surface area contributed by atoms with Crippen LogP contribution in [0.2, 0.25) is 0 Å². The molecule has 0 fully saturated rings. The number of nitrogens with zero attached hydrogens (tertiary/aromatic N) is 1. The van der Waals surface area contributed by atoms with Crippen molar-refractivity contribution in [1.29, 1.82) is 0 Å². The highest BCUT2D eigenvalue weighted by atomic mass is 127. The summed E-state index contributed by atoms with van der Waals surface area (Å²) in [6.45, 7) is 4.04. The Morgan fingerprint density at radius 1 is 1.27 bits per heavy atom. The zero-order valence-corrected chi connectivity index (χ0v) is 17.7. The maximum Gasteiger partial charge on any atom is 0.191 e. The molecule has 2 aromatic carbocycles. The van der Waals surface area contributed by atoms with Gasteiger partial charge in [0.1, 0.15) is 17.3 Å². The van der Waals surface area contributed by atoms with Gasteiger partial charge in [-0.25, -0.2) is 4.39 Å². The Balaban J connectivity index is 0.00000338. The summed E-state index contributed by atoms with van der Waals surface area (Å²) in [5, 5.41) is 16.3. The molecule has 0 aliphatic heterocycles. The van der Waals surface area contributed by atoms with E-state index in [1.807, 2.05) is 13.0 Å². The van der Waals surface area contributed by atoms with Gasteiger partial charge in [-0.05, 0) is 49.2 Å². The molecule has 2 aromatic rings. The topological polar surface area (TPSA) is 65.9 Å². The van der Waals surface area contributed by atoms with Crippen molar-refractivity contribution in [3.8, 4) is 11.5 Å². The lowest BCUT2D eigenvalue weighted by molar-refractivity contribution is 0.410. The van der Waals surface area contributed by atoms with Crippen molar-refractivity contribution in [2.45, 2.75) is 26.4 Å². The van der Waals surface area contributed by atoms with Crippen LogP contribution in [0.4, 0.5) is 4.39 Å². The molecule has 2 rings (SSSR count). The van der Waals surface area contributed by atoms with Crippen molar-refractivity contribution in [2.24, 2.45) is 4.99 Å². The maximum absolute atomic E-state index is 13.7. The lowest BCUT2D eigenvalue weighted by Crippen LogP contribution is -2.38. The van der Waals surface area contributed by atoms with E-state index in [0.717, 1.165) is 5.56 Å². The number of guanidine groups is 1. The van der Waals surface area contributed by atoms with Crippen molar-refractivity contribution < 1.29 is 14.2 Å². The number of methoxy groups -OCH3 is 1. The first-order valence-corrected chi connectivity index (χ1v) is 8.03. The lowest BCUT2D eigenvalue weighted by Gasteiger charge is -2.19. The molecule has 0 aliphatic carbocycles. The molecular formula is C19H25FIN3O2. The van der Waals surface area contributed by atoms with E-state index in [9.17, 15) is 9.50 Å². The normalized spacial score (nSPS) is 12.1. The van der Waals surface area contributed by atoms with Crippen LogP contribution >= 0.6 is 24.0 Å². The highest BCUT2D eigenvalue weighted by molar-refractivity contribution is 14.0. The van der Waals surface area contributed by atoms with Crippen LogP contribution in [0.15, 0.2) is 41.4 Å². The van der Waals surface area contributed by atoms with Crippen molar-refractivity contribution in [3.05, 3.63) is 58.9 Å². The van der Waals surface area contributed by atoms with Gasteiger partial charge >= 0.3 is 0 Å². The van der Waals surface area contributed by atoms with Gasteiger partial charge in [0.25, 0.3) is 0 Å². The van der Waals surface area contributed by atoms with Crippen LogP contribution < -0.4 is 15.4 Å². The molecule has 0 amide bonds. The molecule has 0 bridgehead atoms. The first kappa shape index (κ1) is 22.0. The van der Waals surface area contributed by atoms with Gasteiger partial charge in [-0.15, -0.1) is 24.0 Å². The molecule has 5 nitrogen and oxygen atoms in total. The molecule has 0 spiro atoms. The summed E-state index contributed by atoms with van der Waals surface area (Å²) in [6.07, 6.45) is 0. The van der Waals surface area contributed by atoms with Gasteiger partial charge in [0.2, 0.25) is 0 Å². The van der Waals surface area contributed by atoms with E-state index in [1.54, 1.807) is 45.3 Å². The smallest absolute Gasteiger partial charge is 0.191 e. The average Bonchev–Trinajstić information content (AvgIpc) is 2.61.